The van der Waals surface area contributed by atoms with Gasteiger partial charge in [0.25, 0.3) is 5.91 Å². The van der Waals surface area contributed by atoms with Crippen molar-refractivity contribution in [2.75, 3.05) is 12.4 Å². The molecule has 0 saturated carbocycles. The van der Waals surface area contributed by atoms with Crippen LogP contribution in [0, 0.1) is 0 Å². The molecule has 3 rings (SSSR count). The SMILES string of the molecule is CN(Cc1ccccc1)C(=O)c1cnc(Nc2ccc(Cl)c(Cl)c2)cn1. The van der Waals surface area contributed by atoms with Crippen molar-refractivity contribution in [1.29, 1.82) is 0 Å². The van der Waals surface area contributed by atoms with E-state index in [9.17, 15) is 4.79 Å². The monoisotopic (exact) mass is 386 g/mol. The standard InChI is InChI=1S/C19H16Cl2N4O/c1-25(12-13-5-3-2-4-6-13)19(26)17-10-23-18(11-22-17)24-14-7-8-15(20)16(21)9-14/h2-11H,12H2,1H3,(H,23,24). The van der Waals surface area contributed by atoms with Gasteiger partial charge >= 0.3 is 0 Å². The highest BCUT2D eigenvalue weighted by molar-refractivity contribution is 6.42. The molecule has 2 aromatic carbocycles. The minimum Gasteiger partial charge on any atom is -0.339 e. The minimum atomic E-state index is -0.192. The molecule has 0 saturated heterocycles. The van der Waals surface area contributed by atoms with Gasteiger partial charge in [0.15, 0.2) is 0 Å². The van der Waals surface area contributed by atoms with Gasteiger partial charge in [0.05, 0.1) is 22.4 Å². The Morgan fingerprint density at radius 1 is 1.04 bits per heavy atom. The summed E-state index contributed by atoms with van der Waals surface area (Å²) in [5, 5.41) is 3.99. The lowest BCUT2D eigenvalue weighted by Crippen LogP contribution is -2.27. The summed E-state index contributed by atoms with van der Waals surface area (Å²) >= 11 is 11.9. The maximum atomic E-state index is 12.5. The molecule has 26 heavy (non-hydrogen) atoms. The molecular formula is C19H16Cl2N4O. The zero-order valence-electron chi connectivity index (χ0n) is 14.0. The van der Waals surface area contributed by atoms with E-state index >= 15 is 0 Å². The third-order valence-corrected chi connectivity index (χ3v) is 4.41. The van der Waals surface area contributed by atoms with Crippen LogP contribution in [0.15, 0.2) is 60.9 Å². The number of benzene rings is 2. The van der Waals surface area contributed by atoms with Crippen molar-refractivity contribution in [2.24, 2.45) is 0 Å². The Bertz CT molecular complexity index is 901. The first-order chi connectivity index (χ1) is 12.5. The van der Waals surface area contributed by atoms with E-state index in [2.05, 4.69) is 15.3 Å². The van der Waals surface area contributed by atoms with Gasteiger partial charge in [0.1, 0.15) is 11.5 Å². The topological polar surface area (TPSA) is 58.1 Å². The number of nitrogens with one attached hydrogen (secondary N) is 1. The molecule has 7 heteroatoms. The van der Waals surface area contributed by atoms with E-state index in [4.69, 9.17) is 23.2 Å². The summed E-state index contributed by atoms with van der Waals surface area (Å²) in [6.07, 6.45) is 2.95. The Kier molecular flexibility index (Phi) is 5.71. The number of carbonyl (C=O) groups excluding carboxylic acids is 1. The van der Waals surface area contributed by atoms with Crippen molar-refractivity contribution >= 4 is 40.6 Å². The Morgan fingerprint density at radius 2 is 1.81 bits per heavy atom. The molecule has 0 spiro atoms. The highest BCUT2D eigenvalue weighted by Gasteiger charge is 2.14. The fourth-order valence-electron chi connectivity index (χ4n) is 2.35. The van der Waals surface area contributed by atoms with Crippen LogP contribution in [0.2, 0.25) is 10.0 Å². The predicted octanol–water partition coefficient (Wildman–Crippen LogP) is 4.80. The minimum absolute atomic E-state index is 0.192. The molecule has 0 radical (unpaired) electrons. The molecule has 132 valence electrons. The molecule has 0 aliphatic heterocycles. The van der Waals surface area contributed by atoms with Gasteiger partial charge < -0.3 is 10.2 Å². The number of anilines is 2. The van der Waals surface area contributed by atoms with Crippen LogP contribution in [0.4, 0.5) is 11.5 Å². The molecule has 0 bridgehead atoms. The Morgan fingerprint density at radius 3 is 2.46 bits per heavy atom. The Labute approximate surface area is 161 Å². The van der Waals surface area contributed by atoms with Crippen LogP contribution in [-0.2, 0) is 6.54 Å². The van der Waals surface area contributed by atoms with E-state index in [1.165, 1.54) is 12.4 Å². The number of rotatable bonds is 5. The first-order valence-corrected chi connectivity index (χ1v) is 8.62. The average Bonchev–Trinajstić information content (AvgIpc) is 2.65. The first-order valence-electron chi connectivity index (χ1n) is 7.86. The highest BCUT2D eigenvalue weighted by atomic mass is 35.5. The zero-order chi connectivity index (χ0) is 18.5. The van der Waals surface area contributed by atoms with E-state index in [-0.39, 0.29) is 11.6 Å². The quantitative estimate of drug-likeness (QED) is 0.683. The van der Waals surface area contributed by atoms with Crippen LogP contribution in [0.1, 0.15) is 16.1 Å². The Balaban J connectivity index is 1.66. The maximum absolute atomic E-state index is 12.5. The van der Waals surface area contributed by atoms with Gasteiger partial charge in [0.2, 0.25) is 0 Å². The van der Waals surface area contributed by atoms with Gasteiger partial charge in [-0.05, 0) is 23.8 Å². The van der Waals surface area contributed by atoms with Gasteiger partial charge in [-0.1, -0.05) is 53.5 Å². The van der Waals surface area contributed by atoms with Crippen molar-refractivity contribution in [3.63, 3.8) is 0 Å². The van der Waals surface area contributed by atoms with Crippen molar-refractivity contribution < 1.29 is 4.79 Å². The second-order valence-electron chi connectivity index (χ2n) is 5.69. The molecule has 1 N–H and O–H groups in total. The summed E-state index contributed by atoms with van der Waals surface area (Å²) < 4.78 is 0. The predicted molar refractivity (Wildman–Crippen MR) is 104 cm³/mol. The molecule has 0 aliphatic carbocycles. The van der Waals surface area contributed by atoms with Crippen molar-refractivity contribution in [3.05, 3.63) is 82.2 Å². The van der Waals surface area contributed by atoms with Crippen LogP contribution >= 0.6 is 23.2 Å². The summed E-state index contributed by atoms with van der Waals surface area (Å²) in [5.41, 5.74) is 2.06. The molecule has 0 unspecified atom stereocenters. The smallest absolute Gasteiger partial charge is 0.274 e. The first kappa shape index (κ1) is 18.2. The highest BCUT2D eigenvalue weighted by Crippen LogP contribution is 2.26. The largest absolute Gasteiger partial charge is 0.339 e. The van der Waals surface area contributed by atoms with Gasteiger partial charge in [-0.3, -0.25) is 4.79 Å². The second kappa shape index (κ2) is 8.17. The van der Waals surface area contributed by atoms with Crippen LogP contribution < -0.4 is 5.32 Å². The average molecular weight is 387 g/mol. The molecule has 0 fully saturated rings. The van der Waals surface area contributed by atoms with E-state index in [0.717, 1.165) is 11.3 Å². The van der Waals surface area contributed by atoms with Crippen LogP contribution in [0.3, 0.4) is 0 Å². The number of hydrogen-bond acceptors (Lipinski definition) is 4. The maximum Gasteiger partial charge on any atom is 0.274 e. The Hall–Kier alpha value is -2.63. The third kappa shape index (κ3) is 4.50. The lowest BCUT2D eigenvalue weighted by Gasteiger charge is -2.16. The summed E-state index contributed by atoms with van der Waals surface area (Å²) in [7, 11) is 1.74. The molecule has 0 atom stereocenters. The van der Waals surface area contributed by atoms with Crippen LogP contribution in [-0.4, -0.2) is 27.8 Å². The number of halogens is 2. The fourth-order valence-corrected chi connectivity index (χ4v) is 2.65. The molecule has 1 aromatic heterocycles. The molecule has 0 aliphatic rings. The van der Waals surface area contributed by atoms with Crippen LogP contribution in [0.25, 0.3) is 0 Å². The molecule has 1 amide bonds. The van der Waals surface area contributed by atoms with Gasteiger partial charge in [0, 0.05) is 19.3 Å². The summed E-state index contributed by atoms with van der Waals surface area (Å²) in [5.74, 6) is 0.313. The third-order valence-electron chi connectivity index (χ3n) is 3.67. The second-order valence-corrected chi connectivity index (χ2v) is 6.50. The summed E-state index contributed by atoms with van der Waals surface area (Å²) in [4.78, 5) is 22.5. The molecule has 3 aromatic rings. The lowest BCUT2D eigenvalue weighted by atomic mass is 10.2. The summed E-state index contributed by atoms with van der Waals surface area (Å²) in [6.45, 7) is 0.505. The molecule has 1 heterocycles. The normalized spacial score (nSPS) is 10.4. The lowest BCUT2D eigenvalue weighted by molar-refractivity contribution is 0.0779. The van der Waals surface area contributed by atoms with E-state index in [1.807, 2.05) is 30.3 Å². The number of carbonyl (C=O) groups is 1. The van der Waals surface area contributed by atoms with Gasteiger partial charge in [-0.15, -0.1) is 0 Å². The van der Waals surface area contributed by atoms with E-state index < -0.39 is 0 Å². The van der Waals surface area contributed by atoms with Crippen molar-refractivity contribution in [3.8, 4) is 0 Å². The van der Waals surface area contributed by atoms with Crippen molar-refractivity contribution in [1.82, 2.24) is 14.9 Å². The fraction of sp³-hybridized carbons (Fsp3) is 0.105. The zero-order valence-corrected chi connectivity index (χ0v) is 15.5. The number of amides is 1. The van der Waals surface area contributed by atoms with Crippen molar-refractivity contribution in [2.45, 2.75) is 6.54 Å². The van der Waals surface area contributed by atoms with Gasteiger partial charge in [-0.25, -0.2) is 9.97 Å². The van der Waals surface area contributed by atoms with Gasteiger partial charge in [-0.2, -0.15) is 0 Å². The number of hydrogen-bond donors (Lipinski definition) is 1. The van der Waals surface area contributed by atoms with E-state index in [1.54, 1.807) is 30.1 Å². The molecular weight excluding hydrogens is 371 g/mol. The number of nitrogens with zero attached hydrogens (tertiary/aromatic N) is 3. The molecule has 5 nitrogen and oxygen atoms in total. The number of aromatic nitrogens is 2. The van der Waals surface area contributed by atoms with E-state index in [0.29, 0.717) is 22.4 Å². The summed E-state index contributed by atoms with van der Waals surface area (Å²) in [6, 6.07) is 14.9. The van der Waals surface area contributed by atoms with Crippen LogP contribution in [0.5, 0.6) is 0 Å².